The van der Waals surface area contributed by atoms with Crippen LogP contribution in [0.5, 0.6) is 0 Å². The quantitative estimate of drug-likeness (QED) is 0.658. The smallest absolute Gasteiger partial charge is 0.276 e. The van der Waals surface area contributed by atoms with Crippen LogP contribution >= 0.6 is 0 Å². The maximum atomic E-state index is 14.2. The van der Waals surface area contributed by atoms with Crippen LogP contribution in [0.25, 0.3) is 5.65 Å². The second kappa shape index (κ2) is 8.48. The van der Waals surface area contributed by atoms with Crippen molar-refractivity contribution in [2.45, 2.75) is 38.4 Å². The molecule has 1 saturated heterocycles. The number of nitrogens with zero attached hydrogens (tertiary/aromatic N) is 4. The lowest BCUT2D eigenvalue weighted by Crippen LogP contribution is -2.41. The SMILES string of the molecule is COCC(=O)N1CCc2c(nc3cc([C@@H]4CCCN4Cc4ccccc4F)[nH]n3c2=O)C1. The predicted molar refractivity (Wildman–Crippen MR) is 116 cm³/mol. The number of aromatic nitrogens is 3. The van der Waals surface area contributed by atoms with E-state index in [1.165, 1.54) is 17.7 Å². The van der Waals surface area contributed by atoms with Gasteiger partial charge >= 0.3 is 0 Å². The van der Waals surface area contributed by atoms with Gasteiger partial charge in [-0.25, -0.2) is 13.9 Å². The zero-order valence-electron chi connectivity index (χ0n) is 18.0. The van der Waals surface area contributed by atoms with E-state index in [0.29, 0.717) is 48.5 Å². The number of ether oxygens (including phenoxy) is 1. The van der Waals surface area contributed by atoms with Gasteiger partial charge in [0.2, 0.25) is 5.91 Å². The van der Waals surface area contributed by atoms with E-state index in [9.17, 15) is 14.0 Å². The summed E-state index contributed by atoms with van der Waals surface area (Å²) in [5.41, 5.74) is 3.29. The first kappa shape index (κ1) is 20.8. The normalized spacial score (nSPS) is 18.9. The summed E-state index contributed by atoms with van der Waals surface area (Å²) in [6.45, 7) is 2.19. The van der Waals surface area contributed by atoms with Crippen LogP contribution < -0.4 is 5.56 Å². The van der Waals surface area contributed by atoms with Gasteiger partial charge in [-0.2, -0.15) is 0 Å². The first-order valence-electron chi connectivity index (χ1n) is 10.9. The van der Waals surface area contributed by atoms with E-state index in [4.69, 9.17) is 9.72 Å². The molecule has 1 fully saturated rings. The van der Waals surface area contributed by atoms with E-state index in [1.807, 2.05) is 18.2 Å². The van der Waals surface area contributed by atoms with E-state index >= 15 is 0 Å². The van der Waals surface area contributed by atoms with Crippen LogP contribution in [0.2, 0.25) is 0 Å². The van der Waals surface area contributed by atoms with Crippen molar-refractivity contribution in [2.24, 2.45) is 0 Å². The number of fused-ring (bicyclic) bond motifs is 2. The van der Waals surface area contributed by atoms with Gasteiger partial charge in [0.25, 0.3) is 5.56 Å². The minimum Gasteiger partial charge on any atom is -0.375 e. The number of methoxy groups -OCH3 is 1. The van der Waals surface area contributed by atoms with Crippen LogP contribution in [-0.4, -0.2) is 57.1 Å². The molecule has 0 spiro atoms. The van der Waals surface area contributed by atoms with E-state index in [1.54, 1.807) is 11.0 Å². The Labute approximate surface area is 184 Å². The molecule has 32 heavy (non-hydrogen) atoms. The van der Waals surface area contributed by atoms with Crippen molar-refractivity contribution >= 4 is 11.6 Å². The zero-order valence-corrected chi connectivity index (χ0v) is 18.0. The number of likely N-dealkylation sites (tertiary alicyclic amines) is 1. The largest absolute Gasteiger partial charge is 0.375 e. The summed E-state index contributed by atoms with van der Waals surface area (Å²) in [4.78, 5) is 33.9. The number of hydrogen-bond acceptors (Lipinski definition) is 5. The molecule has 9 heteroatoms. The average molecular weight is 439 g/mol. The Balaban J connectivity index is 1.44. The molecule has 4 heterocycles. The lowest BCUT2D eigenvalue weighted by molar-refractivity contribution is -0.136. The predicted octanol–water partition coefficient (Wildman–Crippen LogP) is 2.03. The first-order chi connectivity index (χ1) is 15.5. The summed E-state index contributed by atoms with van der Waals surface area (Å²) in [6, 6.07) is 8.81. The number of carbonyl (C=O) groups is 1. The fourth-order valence-corrected chi connectivity index (χ4v) is 4.82. The molecule has 168 valence electrons. The third-order valence-electron chi connectivity index (χ3n) is 6.46. The summed E-state index contributed by atoms with van der Waals surface area (Å²) in [5.74, 6) is -0.308. The molecular weight excluding hydrogens is 413 g/mol. The molecule has 5 rings (SSSR count). The van der Waals surface area contributed by atoms with E-state index < -0.39 is 0 Å². The molecule has 0 bridgehead atoms. The number of amides is 1. The number of aromatic amines is 1. The first-order valence-corrected chi connectivity index (χ1v) is 10.9. The van der Waals surface area contributed by atoms with Gasteiger partial charge in [0.15, 0.2) is 5.65 Å². The van der Waals surface area contributed by atoms with Crippen molar-refractivity contribution in [3.05, 3.63) is 69.0 Å². The van der Waals surface area contributed by atoms with Crippen molar-refractivity contribution in [3.8, 4) is 0 Å². The fourth-order valence-electron chi connectivity index (χ4n) is 4.82. The summed E-state index contributed by atoms with van der Waals surface area (Å²) in [5, 5.41) is 3.25. The Morgan fingerprint density at radius 2 is 2.16 bits per heavy atom. The number of rotatable bonds is 5. The second-order valence-corrected chi connectivity index (χ2v) is 8.47. The van der Waals surface area contributed by atoms with Crippen LogP contribution in [0.15, 0.2) is 35.1 Å². The molecule has 8 nitrogen and oxygen atoms in total. The molecule has 0 saturated carbocycles. The van der Waals surface area contributed by atoms with Crippen LogP contribution in [0, 0.1) is 5.82 Å². The van der Waals surface area contributed by atoms with Crippen LogP contribution in [0.4, 0.5) is 4.39 Å². The third-order valence-corrected chi connectivity index (χ3v) is 6.46. The molecular formula is C23H26FN5O3. The topological polar surface area (TPSA) is 82.9 Å². The van der Waals surface area contributed by atoms with Gasteiger partial charge < -0.3 is 9.64 Å². The number of hydrogen-bond donors (Lipinski definition) is 1. The molecule has 1 N–H and O–H groups in total. The second-order valence-electron chi connectivity index (χ2n) is 8.47. The molecule has 3 aromatic rings. The van der Waals surface area contributed by atoms with Crippen molar-refractivity contribution in [3.63, 3.8) is 0 Å². The van der Waals surface area contributed by atoms with Crippen LogP contribution in [0.3, 0.4) is 0 Å². The highest BCUT2D eigenvalue weighted by atomic mass is 19.1. The Bertz CT molecular complexity index is 1220. The van der Waals surface area contributed by atoms with Gasteiger partial charge in [0.1, 0.15) is 12.4 Å². The number of carbonyl (C=O) groups excluding carboxylic acids is 1. The van der Waals surface area contributed by atoms with Crippen molar-refractivity contribution < 1.29 is 13.9 Å². The Hall–Kier alpha value is -3.04. The monoisotopic (exact) mass is 439 g/mol. The molecule has 1 amide bonds. The highest BCUT2D eigenvalue weighted by molar-refractivity contribution is 5.77. The van der Waals surface area contributed by atoms with E-state index in [2.05, 4.69) is 10.00 Å². The summed E-state index contributed by atoms with van der Waals surface area (Å²) >= 11 is 0. The maximum absolute atomic E-state index is 14.2. The van der Waals surface area contributed by atoms with Crippen LogP contribution in [0.1, 0.15) is 41.4 Å². The van der Waals surface area contributed by atoms with Gasteiger partial charge in [-0.05, 0) is 31.9 Å². The molecule has 2 aliphatic rings. The summed E-state index contributed by atoms with van der Waals surface area (Å²) in [7, 11) is 1.49. The van der Waals surface area contributed by atoms with Gasteiger partial charge in [-0.3, -0.25) is 19.6 Å². The number of nitrogens with one attached hydrogen (secondary N) is 1. The molecule has 2 aromatic heterocycles. The van der Waals surface area contributed by atoms with Crippen molar-refractivity contribution in [1.29, 1.82) is 0 Å². The third kappa shape index (κ3) is 3.71. The minimum atomic E-state index is -0.201. The van der Waals surface area contributed by atoms with Crippen LogP contribution in [-0.2, 0) is 29.0 Å². The minimum absolute atomic E-state index is 0.0182. The Morgan fingerprint density at radius 3 is 2.97 bits per heavy atom. The molecule has 1 atom stereocenters. The molecule has 0 radical (unpaired) electrons. The molecule has 2 aliphatic heterocycles. The van der Waals surface area contributed by atoms with Gasteiger partial charge in [-0.15, -0.1) is 0 Å². The Kier molecular flexibility index (Phi) is 5.52. The van der Waals surface area contributed by atoms with Gasteiger partial charge in [0.05, 0.1) is 24.0 Å². The zero-order chi connectivity index (χ0) is 22.2. The lowest BCUT2D eigenvalue weighted by atomic mass is 10.1. The molecule has 1 aromatic carbocycles. The highest BCUT2D eigenvalue weighted by Crippen LogP contribution is 2.33. The van der Waals surface area contributed by atoms with E-state index in [0.717, 1.165) is 25.1 Å². The molecule has 0 unspecified atom stereocenters. The summed E-state index contributed by atoms with van der Waals surface area (Å²) < 4.78 is 20.6. The Morgan fingerprint density at radius 1 is 1.31 bits per heavy atom. The maximum Gasteiger partial charge on any atom is 0.276 e. The average Bonchev–Trinajstić information content (AvgIpc) is 3.42. The molecule has 0 aliphatic carbocycles. The van der Waals surface area contributed by atoms with Crippen molar-refractivity contribution in [2.75, 3.05) is 26.8 Å². The standard InChI is InChI=1S/C23H26FN5O3/c1-32-14-22(30)28-10-8-16-19(13-28)25-21-11-18(26-29(21)23(16)31)20-7-4-9-27(20)12-15-5-2-3-6-17(15)24/h2-3,5-6,11,20,26H,4,7-10,12-14H2,1H3/t20-/m0/s1. The number of halogens is 1. The van der Waals surface area contributed by atoms with Crippen molar-refractivity contribution in [1.82, 2.24) is 24.4 Å². The lowest BCUT2D eigenvalue weighted by Gasteiger charge is -2.27. The van der Waals surface area contributed by atoms with E-state index in [-0.39, 0.29) is 29.9 Å². The van der Waals surface area contributed by atoms with Gasteiger partial charge in [0, 0.05) is 37.4 Å². The highest BCUT2D eigenvalue weighted by Gasteiger charge is 2.30. The summed E-state index contributed by atoms with van der Waals surface area (Å²) in [6.07, 6.45) is 2.40. The number of H-pyrrole nitrogens is 1. The fraction of sp³-hybridized carbons (Fsp3) is 0.435. The van der Waals surface area contributed by atoms with Gasteiger partial charge in [-0.1, -0.05) is 18.2 Å². The number of benzene rings is 1.